The Labute approximate surface area is 201 Å². The molecule has 3 N–H and O–H groups in total. The maximum atomic E-state index is 13.3. The Kier molecular flexibility index (Phi) is 6.01. The quantitative estimate of drug-likeness (QED) is 0.324. The molecule has 12 nitrogen and oxygen atoms in total. The number of aromatic nitrogens is 6. The number of aromatic amines is 1. The van der Waals surface area contributed by atoms with Gasteiger partial charge in [-0.3, -0.25) is 10.3 Å². The third-order valence-corrected chi connectivity index (χ3v) is 4.96. The van der Waals surface area contributed by atoms with Gasteiger partial charge in [-0.05, 0) is 43.3 Å². The second-order valence-electron chi connectivity index (χ2n) is 7.40. The van der Waals surface area contributed by atoms with Crippen LogP contribution in [0, 0.1) is 5.82 Å². The number of H-pyrrole nitrogens is 1. The van der Waals surface area contributed by atoms with E-state index in [0.29, 0.717) is 34.4 Å². The molecule has 0 fully saturated rings. The van der Waals surface area contributed by atoms with Gasteiger partial charge in [0, 0.05) is 41.8 Å². The van der Waals surface area contributed by atoms with E-state index < -0.39 is 17.6 Å². The first-order valence-corrected chi connectivity index (χ1v) is 10.7. The lowest BCUT2D eigenvalue weighted by Gasteiger charge is -2.10. The second kappa shape index (κ2) is 9.58. The molecule has 0 atom stereocenters. The minimum atomic E-state index is -0.697. The third-order valence-electron chi connectivity index (χ3n) is 4.96. The van der Waals surface area contributed by atoms with Crippen molar-refractivity contribution in [3.63, 3.8) is 0 Å². The van der Waals surface area contributed by atoms with Crippen LogP contribution < -0.4 is 16.4 Å². The van der Waals surface area contributed by atoms with Crippen molar-refractivity contribution in [3.05, 3.63) is 71.4 Å². The number of carbonyl (C=O) groups is 1. The molecule has 4 aromatic heterocycles. The zero-order valence-corrected chi connectivity index (χ0v) is 18.7. The van der Waals surface area contributed by atoms with Gasteiger partial charge in [0.25, 0.3) is 5.89 Å². The summed E-state index contributed by atoms with van der Waals surface area (Å²) < 4.78 is 24.2. The summed E-state index contributed by atoms with van der Waals surface area (Å²) in [6.45, 7) is 2.22. The Hall–Kier alpha value is -5.20. The van der Waals surface area contributed by atoms with Gasteiger partial charge in [-0.15, -0.1) is 15.3 Å². The molecule has 180 valence electrons. The molecule has 1 aromatic carbocycles. The zero-order valence-electron chi connectivity index (χ0n) is 18.7. The third kappa shape index (κ3) is 4.70. The molecule has 0 radical (unpaired) electrons. The van der Waals surface area contributed by atoms with E-state index in [2.05, 4.69) is 41.0 Å². The average Bonchev–Trinajstić information content (AvgIpc) is 3.54. The number of urea groups is 1. The number of rotatable bonds is 6. The summed E-state index contributed by atoms with van der Waals surface area (Å²) in [5, 5.41) is 19.5. The van der Waals surface area contributed by atoms with Gasteiger partial charge in [-0.2, -0.15) is 0 Å². The van der Waals surface area contributed by atoms with Crippen LogP contribution in [-0.2, 0) is 0 Å². The smallest absolute Gasteiger partial charge is 0.416 e. The highest BCUT2D eigenvalue weighted by Crippen LogP contribution is 2.35. The number of hydrogen-bond acceptors (Lipinski definition) is 9. The van der Waals surface area contributed by atoms with Gasteiger partial charge >= 0.3 is 11.8 Å². The molecule has 36 heavy (non-hydrogen) atoms. The number of anilines is 1. The predicted octanol–water partition coefficient (Wildman–Crippen LogP) is 3.48. The lowest BCUT2D eigenvalue weighted by atomic mass is 10.0. The number of amides is 2. The van der Waals surface area contributed by atoms with Crippen LogP contribution in [0.1, 0.15) is 6.92 Å². The molecule has 0 aliphatic carbocycles. The summed E-state index contributed by atoms with van der Waals surface area (Å²) >= 11 is 0. The highest BCUT2D eigenvalue weighted by atomic mass is 19.1. The van der Waals surface area contributed by atoms with Crippen molar-refractivity contribution in [1.82, 2.24) is 35.7 Å². The normalized spacial score (nSPS) is 10.8. The Balaban J connectivity index is 1.59. The van der Waals surface area contributed by atoms with Crippen molar-refractivity contribution >= 4 is 11.8 Å². The van der Waals surface area contributed by atoms with E-state index in [1.807, 2.05) is 0 Å². The van der Waals surface area contributed by atoms with Crippen molar-refractivity contribution < 1.29 is 18.0 Å². The van der Waals surface area contributed by atoms with E-state index in [4.69, 9.17) is 8.83 Å². The molecular formula is C23H17FN8O4. The standard InChI is InChI=1S/C23H17FN8O4/c1-2-26-22(33)28-18-8-16(21-31-29-19(35-21)12-3-5-15(24)6-4-12)17(11-27-18)13-7-14(10-25-9-13)20-30-32-23(34)36-20/h3-11H,2H2,1H3,(H,32,34)(H2,26,27,28,33). The van der Waals surface area contributed by atoms with Crippen molar-refractivity contribution in [2.24, 2.45) is 0 Å². The summed E-state index contributed by atoms with van der Waals surface area (Å²) in [4.78, 5) is 31.9. The van der Waals surface area contributed by atoms with E-state index in [9.17, 15) is 14.0 Å². The SMILES string of the molecule is CCNC(=O)Nc1cc(-c2nnc(-c3ccc(F)cc3)o2)c(-c2cncc(-c3n[nH]c(=O)o3)c2)cn1. The largest absolute Gasteiger partial charge is 0.434 e. The Morgan fingerprint density at radius 2 is 1.72 bits per heavy atom. The zero-order chi connectivity index (χ0) is 25.1. The van der Waals surface area contributed by atoms with Gasteiger partial charge < -0.3 is 14.2 Å². The number of nitrogens with one attached hydrogen (secondary N) is 3. The lowest BCUT2D eigenvalue weighted by Crippen LogP contribution is -2.28. The highest BCUT2D eigenvalue weighted by molar-refractivity contribution is 5.90. The summed E-state index contributed by atoms with van der Waals surface area (Å²) in [7, 11) is 0. The van der Waals surface area contributed by atoms with Crippen LogP contribution in [0.2, 0.25) is 0 Å². The summed E-state index contributed by atoms with van der Waals surface area (Å²) in [5.74, 6) is -0.481. The molecule has 0 bridgehead atoms. The van der Waals surface area contributed by atoms with Gasteiger partial charge in [0.05, 0.1) is 11.1 Å². The number of pyridine rings is 2. The molecule has 5 rings (SSSR count). The van der Waals surface area contributed by atoms with Crippen LogP contribution in [0.15, 0.2) is 68.6 Å². The molecule has 0 unspecified atom stereocenters. The second-order valence-corrected chi connectivity index (χ2v) is 7.40. The summed E-state index contributed by atoms with van der Waals surface area (Å²) in [6, 6.07) is 8.46. The number of halogens is 1. The molecule has 0 aliphatic heterocycles. The van der Waals surface area contributed by atoms with Gasteiger partial charge in [-0.1, -0.05) is 0 Å². The highest BCUT2D eigenvalue weighted by Gasteiger charge is 2.19. The van der Waals surface area contributed by atoms with E-state index in [1.54, 1.807) is 25.3 Å². The van der Waals surface area contributed by atoms with Crippen LogP contribution in [-0.4, -0.2) is 42.9 Å². The van der Waals surface area contributed by atoms with E-state index >= 15 is 0 Å². The van der Waals surface area contributed by atoms with Gasteiger partial charge in [0.15, 0.2) is 0 Å². The maximum Gasteiger partial charge on any atom is 0.434 e. The van der Waals surface area contributed by atoms with E-state index in [-0.39, 0.29) is 23.5 Å². The fourth-order valence-electron chi connectivity index (χ4n) is 3.35. The number of hydrogen-bond donors (Lipinski definition) is 3. The van der Waals surface area contributed by atoms with Gasteiger partial charge in [0.1, 0.15) is 11.6 Å². The average molecular weight is 488 g/mol. The number of carbonyl (C=O) groups excluding carboxylic acids is 1. The first-order chi connectivity index (χ1) is 17.5. The Morgan fingerprint density at radius 1 is 0.944 bits per heavy atom. The first-order valence-electron chi connectivity index (χ1n) is 10.7. The van der Waals surface area contributed by atoms with Crippen molar-refractivity contribution in [1.29, 1.82) is 0 Å². The van der Waals surface area contributed by atoms with E-state index in [1.165, 1.54) is 36.7 Å². The molecule has 0 saturated carbocycles. The fourth-order valence-corrected chi connectivity index (χ4v) is 3.35. The van der Waals surface area contributed by atoms with Gasteiger partial charge in [-0.25, -0.2) is 24.1 Å². The Bertz CT molecular complexity index is 1590. The molecular weight excluding hydrogens is 471 g/mol. The molecule has 0 saturated heterocycles. The lowest BCUT2D eigenvalue weighted by molar-refractivity contribution is 0.252. The summed E-state index contributed by atoms with van der Waals surface area (Å²) in [6.07, 6.45) is 4.57. The first kappa shape index (κ1) is 22.6. The van der Waals surface area contributed by atoms with Crippen LogP contribution in [0.25, 0.3) is 45.5 Å². The minimum Gasteiger partial charge on any atom is -0.416 e. The molecule has 2 amide bonds. The Morgan fingerprint density at radius 3 is 2.47 bits per heavy atom. The van der Waals surface area contributed by atoms with Crippen molar-refractivity contribution in [3.8, 4) is 45.5 Å². The van der Waals surface area contributed by atoms with Crippen LogP contribution in [0.5, 0.6) is 0 Å². The van der Waals surface area contributed by atoms with Crippen LogP contribution in [0.4, 0.5) is 15.0 Å². The van der Waals surface area contributed by atoms with Crippen molar-refractivity contribution in [2.75, 3.05) is 11.9 Å². The molecule has 4 heterocycles. The summed E-state index contributed by atoms with van der Waals surface area (Å²) in [5.41, 5.74) is 2.53. The molecule has 5 aromatic rings. The number of nitrogens with zero attached hydrogens (tertiary/aromatic N) is 5. The monoisotopic (exact) mass is 488 g/mol. The van der Waals surface area contributed by atoms with Gasteiger partial charge in [0.2, 0.25) is 11.8 Å². The van der Waals surface area contributed by atoms with Crippen molar-refractivity contribution in [2.45, 2.75) is 6.92 Å². The maximum absolute atomic E-state index is 13.3. The predicted molar refractivity (Wildman–Crippen MR) is 125 cm³/mol. The number of benzene rings is 1. The van der Waals surface area contributed by atoms with E-state index in [0.717, 1.165) is 0 Å². The molecule has 0 spiro atoms. The van der Waals surface area contributed by atoms with Crippen LogP contribution in [0.3, 0.4) is 0 Å². The molecule has 13 heteroatoms. The molecule has 0 aliphatic rings. The fraction of sp³-hybridized carbons (Fsp3) is 0.0870. The topological polar surface area (TPSA) is 165 Å². The minimum absolute atomic E-state index is 0.0646. The van der Waals surface area contributed by atoms with Crippen LogP contribution >= 0.6 is 0 Å².